The molecule has 0 bridgehead atoms. The number of hydrogen-bond donors (Lipinski definition) is 4. The maximum absolute atomic E-state index is 14.0. The van der Waals surface area contributed by atoms with Crippen LogP contribution in [-0.4, -0.2) is 32.1 Å². The Morgan fingerprint density at radius 1 is 1.26 bits per heavy atom. The minimum atomic E-state index is -5.01. The van der Waals surface area contributed by atoms with Gasteiger partial charge < -0.3 is 26.5 Å². The van der Waals surface area contributed by atoms with Gasteiger partial charge in [0.2, 0.25) is 5.88 Å². The molecule has 0 aliphatic heterocycles. The number of amides is 1. The number of nitrogens with one attached hydrogen (secondary N) is 3. The van der Waals surface area contributed by atoms with E-state index in [0.29, 0.717) is 18.4 Å². The van der Waals surface area contributed by atoms with Crippen LogP contribution in [0.3, 0.4) is 0 Å². The molecule has 0 radical (unpaired) electrons. The Balaban J connectivity index is 1.98. The normalized spacial score (nSPS) is 15.1. The van der Waals surface area contributed by atoms with E-state index in [-0.39, 0.29) is 16.2 Å². The standard InChI is InChI=1S/C21H17Cl6F3N6O2/c1-36-16(13(21(28,29)30)18(35-36)38-20(26,27)14(23)15(24)25)33-8-10(7-31)9-2-3-12(22)11(6-9)17(37)34-19(32)4-5-19/h2-3,6-8,31,33H,4-5,32H2,1H3,(H,34,37)/b10-8+,31-7?. The predicted octanol–water partition coefficient (Wildman–Crippen LogP) is 6.77. The first kappa shape index (κ1) is 30.7. The minimum absolute atomic E-state index is 0.0734. The van der Waals surface area contributed by atoms with Crippen molar-refractivity contribution in [3.63, 3.8) is 0 Å². The summed E-state index contributed by atoms with van der Waals surface area (Å²) >= 11 is 34.7. The van der Waals surface area contributed by atoms with Crippen LogP contribution in [0.2, 0.25) is 5.02 Å². The van der Waals surface area contributed by atoms with Crippen LogP contribution in [0.1, 0.15) is 34.3 Å². The van der Waals surface area contributed by atoms with E-state index in [4.69, 9.17) is 85.5 Å². The monoisotopic (exact) mass is 652 g/mol. The molecule has 5 N–H and O–H groups in total. The zero-order chi connectivity index (χ0) is 28.6. The van der Waals surface area contributed by atoms with Crippen LogP contribution in [-0.2, 0) is 13.2 Å². The molecule has 1 amide bonds. The molecular weight excluding hydrogens is 638 g/mol. The third kappa shape index (κ3) is 7.01. The summed E-state index contributed by atoms with van der Waals surface area (Å²) in [5, 5.41) is 16.0. The molecule has 1 aromatic carbocycles. The van der Waals surface area contributed by atoms with Crippen LogP contribution in [0.15, 0.2) is 33.9 Å². The minimum Gasteiger partial charge on any atom is -0.434 e. The van der Waals surface area contributed by atoms with Gasteiger partial charge in [-0.25, -0.2) is 4.68 Å². The summed E-state index contributed by atoms with van der Waals surface area (Å²) in [5.74, 6) is -2.16. The van der Waals surface area contributed by atoms with Gasteiger partial charge in [0.05, 0.1) is 16.2 Å². The average Bonchev–Trinajstić information content (AvgIpc) is 3.44. The van der Waals surface area contributed by atoms with Gasteiger partial charge >= 0.3 is 6.18 Å². The van der Waals surface area contributed by atoms with Gasteiger partial charge in [0.25, 0.3) is 10.4 Å². The number of alkyl halides is 5. The zero-order valence-electron chi connectivity index (χ0n) is 19.0. The van der Waals surface area contributed by atoms with Gasteiger partial charge in [-0.2, -0.15) is 13.2 Å². The highest BCUT2D eigenvalue weighted by molar-refractivity contribution is 6.63. The second-order valence-corrected chi connectivity index (χ2v) is 11.0. The molecule has 0 atom stereocenters. The summed E-state index contributed by atoms with van der Waals surface area (Å²) in [6.45, 7) is 0. The molecule has 0 unspecified atom stereocenters. The van der Waals surface area contributed by atoms with Gasteiger partial charge in [0.1, 0.15) is 15.3 Å². The molecule has 1 aliphatic carbocycles. The van der Waals surface area contributed by atoms with Crippen LogP contribution in [0.5, 0.6) is 5.88 Å². The number of hydrogen-bond acceptors (Lipinski definition) is 6. The number of aromatic nitrogens is 2. The first-order chi connectivity index (χ1) is 17.5. The fourth-order valence-corrected chi connectivity index (χ4v) is 4.09. The van der Waals surface area contributed by atoms with Crippen molar-refractivity contribution in [2.75, 3.05) is 5.32 Å². The highest BCUT2D eigenvalue weighted by Gasteiger charge is 2.45. The number of allylic oxidation sites excluding steroid dienone is 1. The van der Waals surface area contributed by atoms with Crippen LogP contribution >= 0.6 is 69.6 Å². The van der Waals surface area contributed by atoms with Crippen LogP contribution in [0.4, 0.5) is 19.0 Å². The highest BCUT2D eigenvalue weighted by Crippen LogP contribution is 2.46. The number of benzene rings is 1. The molecule has 1 aromatic heterocycles. The number of anilines is 1. The Labute approximate surface area is 244 Å². The van der Waals surface area contributed by atoms with E-state index in [1.54, 1.807) is 0 Å². The highest BCUT2D eigenvalue weighted by atomic mass is 35.5. The molecule has 3 rings (SSSR count). The van der Waals surface area contributed by atoms with E-state index < -0.39 is 49.1 Å². The molecular formula is C21H17Cl6F3N6O2. The van der Waals surface area contributed by atoms with Crippen molar-refractivity contribution in [2.45, 2.75) is 29.2 Å². The van der Waals surface area contributed by atoms with Gasteiger partial charge in [-0.3, -0.25) is 4.79 Å². The summed E-state index contributed by atoms with van der Waals surface area (Å²) in [5.41, 5.74) is 4.19. The van der Waals surface area contributed by atoms with Gasteiger partial charge in [0.15, 0.2) is 5.56 Å². The van der Waals surface area contributed by atoms with E-state index in [0.717, 1.165) is 17.1 Å². The first-order valence-corrected chi connectivity index (χ1v) is 12.6. The maximum Gasteiger partial charge on any atom is 0.425 e. The maximum atomic E-state index is 14.0. The third-order valence-electron chi connectivity index (χ3n) is 5.16. The largest absolute Gasteiger partial charge is 0.434 e. The fraction of sp³-hybridized carbons (Fsp3) is 0.286. The smallest absolute Gasteiger partial charge is 0.425 e. The van der Waals surface area contributed by atoms with E-state index in [2.05, 4.69) is 15.7 Å². The number of carbonyl (C=O) groups is 1. The Morgan fingerprint density at radius 3 is 2.42 bits per heavy atom. The van der Waals surface area contributed by atoms with E-state index in [9.17, 15) is 18.0 Å². The van der Waals surface area contributed by atoms with Crippen molar-refractivity contribution in [3.05, 3.63) is 55.6 Å². The Kier molecular flexibility index (Phi) is 9.14. The molecule has 38 heavy (non-hydrogen) atoms. The van der Waals surface area contributed by atoms with Crippen molar-refractivity contribution in [3.8, 4) is 5.88 Å². The molecule has 206 valence electrons. The van der Waals surface area contributed by atoms with Crippen molar-refractivity contribution in [1.29, 1.82) is 5.41 Å². The molecule has 1 aliphatic rings. The van der Waals surface area contributed by atoms with Gasteiger partial charge in [-0.05, 0) is 30.5 Å². The summed E-state index contributed by atoms with van der Waals surface area (Å²) in [6.07, 6.45) is -1.84. The SMILES string of the molecule is Cn1nc(OC(Cl)(Cl)C(Cl)=C(Cl)Cl)c(C(F)(F)F)c1N/C=C(\C=N)c1ccc(Cl)c(C(=O)NC2(N)CC2)c1. The number of aryl methyl sites for hydroxylation is 1. The summed E-state index contributed by atoms with van der Waals surface area (Å²) in [7, 11) is 1.18. The summed E-state index contributed by atoms with van der Waals surface area (Å²) in [4.78, 5) is 12.6. The molecule has 0 spiro atoms. The molecule has 1 fully saturated rings. The first-order valence-electron chi connectivity index (χ1n) is 10.3. The summed E-state index contributed by atoms with van der Waals surface area (Å²) < 4.78 is 44.7. The third-order valence-corrected chi connectivity index (χ3v) is 7.24. The Bertz CT molecular complexity index is 1330. The lowest BCUT2D eigenvalue weighted by molar-refractivity contribution is -0.138. The molecule has 2 aromatic rings. The number of halogens is 9. The topological polar surface area (TPSA) is 118 Å². The predicted molar refractivity (Wildman–Crippen MR) is 143 cm³/mol. The average molecular weight is 655 g/mol. The van der Waals surface area contributed by atoms with Crippen molar-refractivity contribution in [1.82, 2.24) is 15.1 Å². The molecule has 0 saturated heterocycles. The number of carbonyl (C=O) groups excluding carboxylic acids is 1. The van der Waals surface area contributed by atoms with Crippen molar-refractivity contribution >= 4 is 93.1 Å². The van der Waals surface area contributed by atoms with Crippen LogP contribution in [0, 0.1) is 5.41 Å². The lowest BCUT2D eigenvalue weighted by atomic mass is 10.0. The quantitative estimate of drug-likeness (QED) is 0.135. The van der Waals surface area contributed by atoms with Crippen LogP contribution < -0.4 is 21.1 Å². The fourth-order valence-electron chi connectivity index (χ4n) is 3.05. The number of nitrogens with zero attached hydrogens (tertiary/aromatic N) is 2. The number of ether oxygens (including phenoxy) is 1. The van der Waals surface area contributed by atoms with Crippen LogP contribution in [0.25, 0.3) is 5.57 Å². The Hall–Kier alpha value is -1.86. The molecule has 1 heterocycles. The van der Waals surface area contributed by atoms with E-state index >= 15 is 0 Å². The second kappa shape index (κ2) is 11.3. The molecule has 1 saturated carbocycles. The second-order valence-electron chi connectivity index (χ2n) is 8.04. The van der Waals surface area contributed by atoms with Crippen molar-refractivity contribution in [2.24, 2.45) is 12.8 Å². The number of nitrogens with two attached hydrogens (primary N) is 1. The van der Waals surface area contributed by atoms with E-state index in [1.165, 1.54) is 25.2 Å². The van der Waals surface area contributed by atoms with E-state index in [1.807, 2.05) is 0 Å². The van der Waals surface area contributed by atoms with Gasteiger partial charge in [-0.15, -0.1) is 5.10 Å². The summed E-state index contributed by atoms with van der Waals surface area (Å²) in [6, 6.07) is 4.27. The van der Waals surface area contributed by atoms with Gasteiger partial charge in [-0.1, -0.05) is 75.7 Å². The molecule has 17 heteroatoms. The van der Waals surface area contributed by atoms with Gasteiger partial charge in [0, 0.05) is 25.0 Å². The Morgan fingerprint density at radius 2 is 1.89 bits per heavy atom. The molecule has 8 nitrogen and oxygen atoms in total. The lowest BCUT2D eigenvalue weighted by Crippen LogP contribution is -2.43. The number of rotatable bonds is 9. The zero-order valence-corrected chi connectivity index (χ0v) is 23.5. The lowest BCUT2D eigenvalue weighted by Gasteiger charge is -2.20. The van der Waals surface area contributed by atoms with Crippen molar-refractivity contribution < 1.29 is 22.7 Å².